The van der Waals surface area contributed by atoms with E-state index >= 15 is 0 Å². The monoisotopic (exact) mass is 339 g/mol. The molecular weight excluding hydrogens is 321 g/mol. The van der Waals surface area contributed by atoms with Crippen molar-refractivity contribution in [2.75, 3.05) is 13.1 Å². The van der Waals surface area contributed by atoms with Gasteiger partial charge in [0.05, 0.1) is 31.8 Å². The average Bonchev–Trinajstić information content (AvgIpc) is 3.36. The van der Waals surface area contributed by atoms with Crippen LogP contribution in [-0.2, 0) is 28.2 Å². The molecule has 0 N–H and O–H groups in total. The van der Waals surface area contributed by atoms with Crippen molar-refractivity contribution in [3.8, 4) is 0 Å². The van der Waals surface area contributed by atoms with Gasteiger partial charge in [0.25, 0.3) is 0 Å². The van der Waals surface area contributed by atoms with Crippen LogP contribution in [0.5, 0.6) is 0 Å². The van der Waals surface area contributed by atoms with Crippen LogP contribution >= 0.6 is 0 Å². The Morgan fingerprint density at radius 3 is 2.76 bits per heavy atom. The van der Waals surface area contributed by atoms with Gasteiger partial charge in [0.1, 0.15) is 17.2 Å². The smallest absolute Gasteiger partial charge is 0.227 e. The molecule has 1 spiro atoms. The molecule has 0 bridgehead atoms. The maximum Gasteiger partial charge on any atom is 0.227 e. The van der Waals surface area contributed by atoms with Crippen LogP contribution < -0.4 is 0 Å². The molecule has 3 aliphatic rings. The molecule has 0 unspecified atom stereocenters. The topological polar surface area (TPSA) is 55.3 Å². The highest BCUT2D eigenvalue weighted by atomic mass is 19.1. The Labute approximate surface area is 144 Å². The summed E-state index contributed by atoms with van der Waals surface area (Å²) >= 11 is 0. The van der Waals surface area contributed by atoms with E-state index in [0.29, 0.717) is 25.6 Å². The van der Waals surface area contributed by atoms with Crippen molar-refractivity contribution in [1.82, 2.24) is 14.9 Å². The van der Waals surface area contributed by atoms with E-state index in [0.717, 1.165) is 22.6 Å². The number of ether oxygens (including phenoxy) is 1. The van der Waals surface area contributed by atoms with Crippen LogP contribution in [0.25, 0.3) is 0 Å². The fraction of sp³-hybridized carbons (Fsp3) is 0.421. The Bertz CT molecular complexity index is 842. The Morgan fingerprint density at radius 2 is 2.04 bits per heavy atom. The molecule has 2 aliphatic heterocycles. The largest absolute Gasteiger partial charge is 0.360 e. The third-order valence-electron chi connectivity index (χ3n) is 5.32. The zero-order valence-electron chi connectivity index (χ0n) is 13.7. The molecule has 1 aliphatic carbocycles. The molecule has 6 heteroatoms. The van der Waals surface area contributed by atoms with Gasteiger partial charge in [0.2, 0.25) is 5.91 Å². The van der Waals surface area contributed by atoms with Crippen LogP contribution in [0.4, 0.5) is 4.39 Å². The Hall–Kier alpha value is -2.34. The lowest BCUT2D eigenvalue weighted by Gasteiger charge is -2.47. The van der Waals surface area contributed by atoms with Crippen molar-refractivity contribution in [2.45, 2.75) is 37.4 Å². The Kier molecular flexibility index (Phi) is 3.19. The molecular formula is C19H18FN3O2. The zero-order chi connectivity index (χ0) is 17.0. The second kappa shape index (κ2) is 5.33. The first-order valence-corrected chi connectivity index (χ1v) is 8.65. The van der Waals surface area contributed by atoms with Gasteiger partial charge in [-0.05, 0) is 30.5 Å². The molecule has 1 aromatic heterocycles. The van der Waals surface area contributed by atoms with Gasteiger partial charge in [0, 0.05) is 17.7 Å². The molecule has 1 saturated carbocycles. The molecule has 0 atom stereocenters. The zero-order valence-corrected chi connectivity index (χ0v) is 13.7. The number of halogens is 1. The number of nitrogens with zero attached hydrogens (tertiary/aromatic N) is 3. The molecule has 5 nitrogen and oxygen atoms in total. The molecule has 1 saturated heterocycles. The van der Waals surface area contributed by atoms with Crippen LogP contribution in [0.3, 0.4) is 0 Å². The predicted molar refractivity (Wildman–Crippen MR) is 87.2 cm³/mol. The van der Waals surface area contributed by atoms with Gasteiger partial charge < -0.3 is 9.64 Å². The van der Waals surface area contributed by atoms with E-state index in [-0.39, 0.29) is 18.1 Å². The van der Waals surface area contributed by atoms with E-state index < -0.39 is 5.60 Å². The van der Waals surface area contributed by atoms with Gasteiger partial charge in [-0.15, -0.1) is 0 Å². The standard InChI is InChI=1S/C19H18FN3O2/c20-14-5-1-12(2-6-14)7-17(24)23-10-19(11-23)15-8-21-18(13-3-4-13)22-16(15)9-25-19/h1-2,5-6,8,13H,3-4,7,9-11H2. The minimum Gasteiger partial charge on any atom is -0.360 e. The van der Waals surface area contributed by atoms with Crippen molar-refractivity contribution < 1.29 is 13.9 Å². The molecule has 1 amide bonds. The number of benzene rings is 1. The fourth-order valence-electron chi connectivity index (χ4n) is 3.64. The second-order valence-electron chi connectivity index (χ2n) is 7.20. The first-order valence-electron chi connectivity index (χ1n) is 8.65. The van der Waals surface area contributed by atoms with Crippen molar-refractivity contribution in [3.05, 3.63) is 58.9 Å². The molecule has 25 heavy (non-hydrogen) atoms. The van der Waals surface area contributed by atoms with Gasteiger partial charge in [-0.2, -0.15) is 0 Å². The lowest BCUT2D eigenvalue weighted by molar-refractivity contribution is -0.168. The Balaban J connectivity index is 1.27. The van der Waals surface area contributed by atoms with E-state index in [2.05, 4.69) is 9.97 Å². The summed E-state index contributed by atoms with van der Waals surface area (Å²) in [5.41, 5.74) is 2.39. The maximum atomic E-state index is 13.0. The summed E-state index contributed by atoms with van der Waals surface area (Å²) in [6.45, 7) is 1.57. The van der Waals surface area contributed by atoms with Crippen LogP contribution in [-0.4, -0.2) is 33.9 Å². The Morgan fingerprint density at radius 1 is 1.28 bits per heavy atom. The molecule has 0 radical (unpaired) electrons. The minimum atomic E-state index is -0.435. The lowest BCUT2D eigenvalue weighted by atomic mass is 9.87. The molecule has 2 fully saturated rings. The van der Waals surface area contributed by atoms with Crippen molar-refractivity contribution in [1.29, 1.82) is 0 Å². The fourth-order valence-corrected chi connectivity index (χ4v) is 3.64. The maximum absolute atomic E-state index is 13.0. The summed E-state index contributed by atoms with van der Waals surface area (Å²) in [5.74, 6) is 1.20. The molecule has 3 heterocycles. The lowest BCUT2D eigenvalue weighted by Crippen LogP contribution is -2.61. The summed E-state index contributed by atoms with van der Waals surface area (Å²) < 4.78 is 19.0. The number of fused-ring (bicyclic) bond motifs is 2. The molecule has 5 rings (SSSR count). The number of aromatic nitrogens is 2. The van der Waals surface area contributed by atoms with Crippen molar-refractivity contribution in [3.63, 3.8) is 0 Å². The number of carbonyl (C=O) groups is 1. The number of rotatable bonds is 3. The van der Waals surface area contributed by atoms with Crippen molar-refractivity contribution >= 4 is 5.91 Å². The van der Waals surface area contributed by atoms with Crippen LogP contribution in [0.15, 0.2) is 30.5 Å². The number of likely N-dealkylation sites (tertiary alicyclic amines) is 1. The number of hydrogen-bond donors (Lipinski definition) is 0. The summed E-state index contributed by atoms with van der Waals surface area (Å²) in [6, 6.07) is 6.06. The first-order chi connectivity index (χ1) is 12.1. The van der Waals surface area contributed by atoms with Crippen molar-refractivity contribution in [2.24, 2.45) is 0 Å². The quantitative estimate of drug-likeness (QED) is 0.861. The van der Waals surface area contributed by atoms with Crippen LogP contribution in [0, 0.1) is 5.82 Å². The van der Waals surface area contributed by atoms with E-state index in [4.69, 9.17) is 4.74 Å². The van der Waals surface area contributed by atoms with Gasteiger partial charge in [0.15, 0.2) is 0 Å². The van der Waals surface area contributed by atoms with E-state index in [1.807, 2.05) is 6.20 Å². The predicted octanol–water partition coefficient (Wildman–Crippen LogP) is 2.30. The highest BCUT2D eigenvalue weighted by Crippen LogP contribution is 2.44. The number of carbonyl (C=O) groups excluding carboxylic acids is 1. The van der Waals surface area contributed by atoms with E-state index in [1.165, 1.54) is 25.0 Å². The minimum absolute atomic E-state index is 0.0322. The third kappa shape index (κ3) is 2.52. The molecule has 2 aromatic rings. The average molecular weight is 339 g/mol. The second-order valence-corrected chi connectivity index (χ2v) is 7.20. The summed E-state index contributed by atoms with van der Waals surface area (Å²) in [7, 11) is 0. The van der Waals surface area contributed by atoms with Gasteiger partial charge in [-0.3, -0.25) is 4.79 Å². The third-order valence-corrected chi connectivity index (χ3v) is 5.32. The summed E-state index contributed by atoms with van der Waals surface area (Å²) in [6.07, 6.45) is 4.53. The highest BCUT2D eigenvalue weighted by Gasteiger charge is 2.52. The SMILES string of the molecule is O=C(Cc1ccc(F)cc1)N1CC2(C1)OCc1nc(C3CC3)ncc12. The molecule has 1 aromatic carbocycles. The first kappa shape index (κ1) is 15.0. The summed E-state index contributed by atoms with van der Waals surface area (Å²) in [5, 5.41) is 0. The number of hydrogen-bond acceptors (Lipinski definition) is 4. The van der Waals surface area contributed by atoms with E-state index in [1.54, 1.807) is 17.0 Å². The van der Waals surface area contributed by atoms with E-state index in [9.17, 15) is 9.18 Å². The van der Waals surface area contributed by atoms with Gasteiger partial charge in [-0.25, -0.2) is 14.4 Å². The van der Waals surface area contributed by atoms with Gasteiger partial charge in [-0.1, -0.05) is 12.1 Å². The molecule has 128 valence electrons. The van der Waals surface area contributed by atoms with Crippen LogP contribution in [0.1, 0.15) is 41.4 Å². The van der Waals surface area contributed by atoms with Crippen LogP contribution in [0.2, 0.25) is 0 Å². The highest BCUT2D eigenvalue weighted by molar-refractivity contribution is 5.80. The number of amides is 1. The van der Waals surface area contributed by atoms with Gasteiger partial charge >= 0.3 is 0 Å². The summed E-state index contributed by atoms with van der Waals surface area (Å²) in [4.78, 5) is 23.4. The normalized spacial score (nSPS) is 20.4.